The number of hydrogen-bond acceptors (Lipinski definition) is 3. The molecule has 2 aromatic carbocycles. The number of carboxylic acid groups (broad SMARTS) is 1. The Kier molecular flexibility index (Phi) is 4.90. The normalized spacial score (nSPS) is 9.86. The maximum Gasteiger partial charge on any atom is 0.337 e. The van der Waals surface area contributed by atoms with E-state index in [9.17, 15) is 14.4 Å². The zero-order valence-corrected chi connectivity index (χ0v) is 12.8. The van der Waals surface area contributed by atoms with Crippen LogP contribution in [-0.4, -0.2) is 23.4 Å². The first-order chi connectivity index (χ1) is 10.5. The minimum Gasteiger partial charge on any atom is -0.478 e. The van der Waals surface area contributed by atoms with Gasteiger partial charge < -0.3 is 15.7 Å². The number of amides is 2. The van der Waals surface area contributed by atoms with E-state index in [2.05, 4.69) is 26.6 Å². The molecule has 0 saturated heterocycles. The van der Waals surface area contributed by atoms with Crippen LogP contribution in [0.5, 0.6) is 0 Å². The van der Waals surface area contributed by atoms with Gasteiger partial charge in [0.25, 0.3) is 5.91 Å². The fraction of sp³-hybridized carbons (Fsp3) is 0. The summed E-state index contributed by atoms with van der Waals surface area (Å²) >= 11 is 3.19. The van der Waals surface area contributed by atoms with E-state index >= 15 is 0 Å². The summed E-state index contributed by atoms with van der Waals surface area (Å²) in [6.45, 7) is 0. The van der Waals surface area contributed by atoms with Crippen LogP contribution in [0.4, 0.5) is 11.4 Å². The molecule has 2 amide bonds. The molecule has 0 aliphatic heterocycles. The maximum atomic E-state index is 12.2. The quantitative estimate of drug-likeness (QED) is 0.712. The molecular weight excluding hydrogens is 352 g/mol. The summed E-state index contributed by atoms with van der Waals surface area (Å²) < 4.78 is 0.597. The first-order valence-electron chi connectivity index (χ1n) is 6.15. The third-order valence-electron chi connectivity index (χ3n) is 2.81. The molecule has 112 valence electrons. The first-order valence-corrected chi connectivity index (χ1v) is 6.95. The van der Waals surface area contributed by atoms with E-state index in [0.717, 1.165) is 0 Å². The molecule has 0 aliphatic carbocycles. The van der Waals surface area contributed by atoms with Crippen molar-refractivity contribution in [3.63, 3.8) is 0 Å². The zero-order chi connectivity index (χ0) is 16.1. The number of anilines is 2. The lowest BCUT2D eigenvalue weighted by Gasteiger charge is -2.09. The van der Waals surface area contributed by atoms with Gasteiger partial charge in [0.1, 0.15) is 0 Å². The molecule has 0 aliphatic rings. The van der Waals surface area contributed by atoms with Crippen LogP contribution in [-0.2, 0) is 4.79 Å². The van der Waals surface area contributed by atoms with Crippen LogP contribution < -0.4 is 10.6 Å². The number of hydrogen-bond donors (Lipinski definition) is 3. The standard InChI is InChI=1S/C15H11BrN2O4/c16-10-4-5-13(12(7-10)15(21)22)18-14(20)9-2-1-3-11(6-9)17-8-19/h1-8H,(H,17,19)(H,18,20)(H,21,22). The molecule has 0 heterocycles. The van der Waals surface area contributed by atoms with Crippen LogP contribution in [0.25, 0.3) is 0 Å². The molecule has 2 aromatic rings. The molecule has 0 bridgehead atoms. The van der Waals surface area contributed by atoms with Gasteiger partial charge >= 0.3 is 5.97 Å². The lowest BCUT2D eigenvalue weighted by atomic mass is 10.1. The van der Waals surface area contributed by atoms with Crippen molar-refractivity contribution in [3.05, 3.63) is 58.1 Å². The van der Waals surface area contributed by atoms with Gasteiger partial charge in [0.15, 0.2) is 0 Å². The highest BCUT2D eigenvalue weighted by atomic mass is 79.9. The van der Waals surface area contributed by atoms with E-state index in [1.165, 1.54) is 18.2 Å². The Hall–Kier alpha value is -2.67. The van der Waals surface area contributed by atoms with Crippen LogP contribution in [0.15, 0.2) is 46.9 Å². The molecule has 0 saturated carbocycles. The number of rotatable bonds is 5. The Bertz CT molecular complexity index is 746. The summed E-state index contributed by atoms with van der Waals surface area (Å²) in [6.07, 6.45) is 0.508. The number of halogens is 1. The van der Waals surface area contributed by atoms with Gasteiger partial charge in [0.05, 0.1) is 11.3 Å². The molecular formula is C15H11BrN2O4. The molecule has 0 atom stereocenters. The van der Waals surface area contributed by atoms with Crippen molar-refractivity contribution in [1.29, 1.82) is 0 Å². The van der Waals surface area contributed by atoms with E-state index in [1.54, 1.807) is 24.3 Å². The van der Waals surface area contributed by atoms with Gasteiger partial charge in [0.2, 0.25) is 6.41 Å². The van der Waals surface area contributed by atoms with E-state index in [4.69, 9.17) is 5.11 Å². The highest BCUT2D eigenvalue weighted by Crippen LogP contribution is 2.22. The Morgan fingerprint density at radius 1 is 1.14 bits per heavy atom. The molecule has 0 aromatic heterocycles. The van der Waals surface area contributed by atoms with Gasteiger partial charge in [-0.3, -0.25) is 9.59 Å². The van der Waals surface area contributed by atoms with Gasteiger partial charge in [0, 0.05) is 15.7 Å². The number of carbonyl (C=O) groups excluding carboxylic acids is 2. The van der Waals surface area contributed by atoms with Crippen LogP contribution >= 0.6 is 15.9 Å². The highest BCUT2D eigenvalue weighted by Gasteiger charge is 2.14. The summed E-state index contributed by atoms with van der Waals surface area (Å²) in [4.78, 5) is 33.8. The minimum absolute atomic E-state index is 0.0232. The number of benzene rings is 2. The van der Waals surface area contributed by atoms with Gasteiger partial charge in [-0.05, 0) is 36.4 Å². The molecule has 7 heteroatoms. The minimum atomic E-state index is -1.15. The molecule has 0 spiro atoms. The molecule has 22 heavy (non-hydrogen) atoms. The number of aromatic carboxylic acids is 1. The summed E-state index contributed by atoms with van der Waals surface area (Å²) in [5, 5.41) is 14.2. The zero-order valence-electron chi connectivity index (χ0n) is 11.2. The maximum absolute atomic E-state index is 12.2. The Morgan fingerprint density at radius 3 is 2.59 bits per heavy atom. The van der Waals surface area contributed by atoms with Crippen LogP contribution in [0, 0.1) is 0 Å². The SMILES string of the molecule is O=CNc1cccc(C(=O)Nc2ccc(Br)cc2C(=O)O)c1. The van der Waals surface area contributed by atoms with Gasteiger partial charge in [-0.1, -0.05) is 22.0 Å². The number of carbonyl (C=O) groups is 3. The molecule has 6 nitrogen and oxygen atoms in total. The molecule has 2 rings (SSSR count). The van der Waals surface area contributed by atoms with Crippen molar-refractivity contribution in [2.75, 3.05) is 10.6 Å². The average Bonchev–Trinajstić information content (AvgIpc) is 2.49. The lowest BCUT2D eigenvalue weighted by molar-refractivity contribution is -0.105. The van der Waals surface area contributed by atoms with Crippen LogP contribution in [0.3, 0.4) is 0 Å². The second-order valence-electron chi connectivity index (χ2n) is 4.29. The summed E-state index contributed by atoms with van der Waals surface area (Å²) in [5.41, 5.74) is 0.933. The summed E-state index contributed by atoms with van der Waals surface area (Å²) in [7, 11) is 0. The average molecular weight is 363 g/mol. The van der Waals surface area contributed by atoms with Gasteiger partial charge in [-0.25, -0.2) is 4.79 Å². The topological polar surface area (TPSA) is 95.5 Å². The number of carboxylic acids is 1. The summed E-state index contributed by atoms with van der Waals surface area (Å²) in [6, 6.07) is 10.8. The van der Waals surface area contributed by atoms with Gasteiger partial charge in [-0.2, -0.15) is 0 Å². The Balaban J connectivity index is 2.27. The van der Waals surface area contributed by atoms with Gasteiger partial charge in [-0.15, -0.1) is 0 Å². The Morgan fingerprint density at radius 2 is 1.91 bits per heavy atom. The van der Waals surface area contributed by atoms with Crippen molar-refractivity contribution in [3.8, 4) is 0 Å². The lowest BCUT2D eigenvalue weighted by Crippen LogP contribution is -2.15. The first kappa shape index (κ1) is 15.7. The summed E-state index contributed by atoms with van der Waals surface area (Å²) in [5.74, 6) is -1.62. The smallest absolute Gasteiger partial charge is 0.337 e. The van der Waals surface area contributed by atoms with Crippen molar-refractivity contribution in [2.45, 2.75) is 0 Å². The molecule has 3 N–H and O–H groups in total. The van der Waals surface area contributed by atoms with Crippen LogP contribution in [0.2, 0.25) is 0 Å². The molecule has 0 radical (unpaired) electrons. The second-order valence-corrected chi connectivity index (χ2v) is 5.21. The monoisotopic (exact) mass is 362 g/mol. The van der Waals surface area contributed by atoms with Crippen molar-refractivity contribution in [1.82, 2.24) is 0 Å². The fourth-order valence-electron chi connectivity index (χ4n) is 1.82. The third-order valence-corrected chi connectivity index (χ3v) is 3.30. The highest BCUT2D eigenvalue weighted by molar-refractivity contribution is 9.10. The van der Waals surface area contributed by atoms with Crippen LogP contribution in [0.1, 0.15) is 20.7 Å². The molecule has 0 unspecified atom stereocenters. The van der Waals surface area contributed by atoms with Crippen molar-refractivity contribution >= 4 is 45.6 Å². The predicted molar refractivity (Wildman–Crippen MR) is 85.2 cm³/mol. The largest absolute Gasteiger partial charge is 0.478 e. The van der Waals surface area contributed by atoms with Crippen molar-refractivity contribution in [2.24, 2.45) is 0 Å². The third kappa shape index (κ3) is 3.70. The van der Waals surface area contributed by atoms with Crippen molar-refractivity contribution < 1.29 is 19.5 Å². The molecule has 0 fully saturated rings. The fourth-order valence-corrected chi connectivity index (χ4v) is 2.18. The Labute approximate surface area is 134 Å². The second kappa shape index (κ2) is 6.86. The van der Waals surface area contributed by atoms with E-state index in [0.29, 0.717) is 22.1 Å². The van der Waals surface area contributed by atoms with E-state index in [-0.39, 0.29) is 11.3 Å². The predicted octanol–water partition coefficient (Wildman–Crippen LogP) is 2.97. The van der Waals surface area contributed by atoms with E-state index < -0.39 is 11.9 Å². The van der Waals surface area contributed by atoms with E-state index in [1.807, 2.05) is 0 Å². The number of nitrogens with one attached hydrogen (secondary N) is 2.